The zero-order chi connectivity index (χ0) is 15.2. The second-order valence-electron chi connectivity index (χ2n) is 5.97. The van der Waals surface area contributed by atoms with E-state index in [1.54, 1.807) is 12.1 Å². The lowest BCUT2D eigenvalue weighted by Gasteiger charge is -2.28. The number of benzene rings is 1. The molecule has 0 amide bonds. The van der Waals surface area contributed by atoms with Gasteiger partial charge in [-0.3, -0.25) is 0 Å². The van der Waals surface area contributed by atoms with Crippen molar-refractivity contribution in [3.8, 4) is 0 Å². The molecule has 1 aliphatic carbocycles. The molecule has 0 atom stereocenters. The molecule has 3 N–H and O–H groups in total. The Labute approximate surface area is 127 Å². The van der Waals surface area contributed by atoms with Crippen molar-refractivity contribution in [2.75, 3.05) is 24.7 Å². The van der Waals surface area contributed by atoms with E-state index in [-0.39, 0.29) is 5.97 Å². The van der Waals surface area contributed by atoms with Gasteiger partial charge in [-0.25, -0.2) is 4.79 Å². The Morgan fingerprint density at radius 1 is 1.29 bits per heavy atom. The topological polar surface area (TPSA) is 64.3 Å². The van der Waals surface area contributed by atoms with Gasteiger partial charge in [0.1, 0.15) is 0 Å². The van der Waals surface area contributed by atoms with E-state index in [1.807, 2.05) is 6.07 Å². The van der Waals surface area contributed by atoms with Crippen LogP contribution in [0.2, 0.25) is 0 Å². The van der Waals surface area contributed by atoms with Gasteiger partial charge >= 0.3 is 5.97 Å². The maximum Gasteiger partial charge on any atom is 0.337 e. The van der Waals surface area contributed by atoms with Crippen LogP contribution in [0.15, 0.2) is 18.2 Å². The fourth-order valence-electron chi connectivity index (χ4n) is 3.07. The molecule has 2 rings (SSSR count). The largest absolute Gasteiger partial charge is 0.465 e. The SMILES string of the molecule is CCC1CCC(CNc2ccc(C(=O)OC)cc2N)CC1. The maximum absolute atomic E-state index is 11.4. The molecule has 4 heteroatoms. The van der Waals surface area contributed by atoms with Crippen LogP contribution in [0.1, 0.15) is 49.4 Å². The second-order valence-corrected chi connectivity index (χ2v) is 5.97. The Kier molecular flexibility index (Phi) is 5.48. The van der Waals surface area contributed by atoms with E-state index in [0.717, 1.165) is 24.1 Å². The summed E-state index contributed by atoms with van der Waals surface area (Å²) < 4.78 is 4.69. The van der Waals surface area contributed by atoms with Gasteiger partial charge in [0.15, 0.2) is 0 Å². The van der Waals surface area contributed by atoms with E-state index in [9.17, 15) is 4.79 Å². The third-order valence-corrected chi connectivity index (χ3v) is 4.60. The molecule has 0 unspecified atom stereocenters. The summed E-state index contributed by atoms with van der Waals surface area (Å²) in [5.41, 5.74) is 7.99. The third-order valence-electron chi connectivity index (χ3n) is 4.60. The summed E-state index contributed by atoms with van der Waals surface area (Å²) in [6.07, 6.45) is 6.60. The van der Waals surface area contributed by atoms with Crippen molar-refractivity contribution in [1.82, 2.24) is 0 Å². The van der Waals surface area contributed by atoms with Crippen molar-refractivity contribution in [3.63, 3.8) is 0 Å². The molecule has 21 heavy (non-hydrogen) atoms. The number of hydrogen-bond acceptors (Lipinski definition) is 4. The van der Waals surface area contributed by atoms with Crippen LogP contribution in [0.5, 0.6) is 0 Å². The lowest BCUT2D eigenvalue weighted by atomic mass is 9.81. The van der Waals surface area contributed by atoms with Crippen LogP contribution in [0, 0.1) is 11.8 Å². The van der Waals surface area contributed by atoms with Crippen molar-refractivity contribution in [2.45, 2.75) is 39.0 Å². The molecular weight excluding hydrogens is 264 g/mol. The average Bonchev–Trinajstić information content (AvgIpc) is 2.53. The average molecular weight is 290 g/mol. The highest BCUT2D eigenvalue weighted by molar-refractivity contribution is 5.91. The number of esters is 1. The smallest absolute Gasteiger partial charge is 0.337 e. The van der Waals surface area contributed by atoms with Crippen LogP contribution >= 0.6 is 0 Å². The molecule has 0 heterocycles. The third kappa shape index (κ3) is 4.13. The number of carbonyl (C=O) groups is 1. The molecule has 1 saturated carbocycles. The predicted molar refractivity (Wildman–Crippen MR) is 86.4 cm³/mol. The maximum atomic E-state index is 11.4. The molecule has 1 aromatic carbocycles. The van der Waals surface area contributed by atoms with Gasteiger partial charge < -0.3 is 15.8 Å². The highest BCUT2D eigenvalue weighted by Crippen LogP contribution is 2.31. The van der Waals surface area contributed by atoms with Gasteiger partial charge in [0.05, 0.1) is 24.0 Å². The first-order chi connectivity index (χ1) is 10.1. The lowest BCUT2D eigenvalue weighted by Crippen LogP contribution is -2.21. The van der Waals surface area contributed by atoms with Gasteiger partial charge in [0, 0.05) is 6.54 Å². The molecule has 1 fully saturated rings. The zero-order valence-corrected chi connectivity index (χ0v) is 13.0. The summed E-state index contributed by atoms with van der Waals surface area (Å²) in [7, 11) is 1.37. The second kappa shape index (κ2) is 7.34. The number of hydrogen-bond donors (Lipinski definition) is 2. The van der Waals surface area contributed by atoms with Gasteiger partial charge in [-0.15, -0.1) is 0 Å². The molecule has 1 aliphatic rings. The lowest BCUT2D eigenvalue weighted by molar-refractivity contribution is 0.0601. The van der Waals surface area contributed by atoms with Crippen molar-refractivity contribution >= 4 is 17.3 Å². The Morgan fingerprint density at radius 3 is 2.52 bits per heavy atom. The van der Waals surface area contributed by atoms with E-state index < -0.39 is 0 Å². The Bertz CT molecular complexity index is 480. The normalized spacial score (nSPS) is 21.8. The Hall–Kier alpha value is -1.71. The minimum atomic E-state index is -0.355. The standard InChI is InChI=1S/C17H26N2O2/c1-3-12-4-6-13(7-5-12)11-19-16-9-8-14(10-15(16)18)17(20)21-2/h8-10,12-13,19H,3-7,11,18H2,1-2H3. The van der Waals surface area contributed by atoms with E-state index >= 15 is 0 Å². The number of ether oxygens (including phenoxy) is 1. The van der Waals surface area contributed by atoms with Gasteiger partial charge in [-0.1, -0.05) is 26.2 Å². The molecule has 0 aliphatic heterocycles. The Balaban J connectivity index is 1.87. The zero-order valence-electron chi connectivity index (χ0n) is 13.0. The molecular formula is C17H26N2O2. The van der Waals surface area contributed by atoms with Crippen molar-refractivity contribution in [1.29, 1.82) is 0 Å². The van der Waals surface area contributed by atoms with Crippen LogP contribution in [0.3, 0.4) is 0 Å². The van der Waals surface area contributed by atoms with Crippen LogP contribution in [0.4, 0.5) is 11.4 Å². The fraction of sp³-hybridized carbons (Fsp3) is 0.588. The quantitative estimate of drug-likeness (QED) is 0.641. The number of nitrogen functional groups attached to an aromatic ring is 1. The highest BCUT2D eigenvalue weighted by Gasteiger charge is 2.19. The Morgan fingerprint density at radius 2 is 1.95 bits per heavy atom. The van der Waals surface area contributed by atoms with Crippen molar-refractivity contribution in [3.05, 3.63) is 23.8 Å². The minimum absolute atomic E-state index is 0.355. The first-order valence-electron chi connectivity index (χ1n) is 7.85. The summed E-state index contributed by atoms with van der Waals surface area (Å²) in [4.78, 5) is 11.4. The first-order valence-corrected chi connectivity index (χ1v) is 7.85. The number of nitrogens with two attached hydrogens (primary N) is 1. The van der Waals surface area contributed by atoms with Gasteiger partial charge in [-0.05, 0) is 42.9 Å². The number of rotatable bonds is 5. The minimum Gasteiger partial charge on any atom is -0.465 e. The van der Waals surface area contributed by atoms with Crippen LogP contribution < -0.4 is 11.1 Å². The van der Waals surface area contributed by atoms with E-state index in [1.165, 1.54) is 39.2 Å². The van der Waals surface area contributed by atoms with Crippen LogP contribution in [0.25, 0.3) is 0 Å². The summed E-state index contributed by atoms with van der Waals surface area (Å²) in [6, 6.07) is 5.28. The molecule has 116 valence electrons. The summed E-state index contributed by atoms with van der Waals surface area (Å²) in [5, 5.41) is 3.42. The number of carbonyl (C=O) groups excluding carboxylic acids is 1. The van der Waals surface area contributed by atoms with Gasteiger partial charge in [0.25, 0.3) is 0 Å². The highest BCUT2D eigenvalue weighted by atomic mass is 16.5. The van der Waals surface area contributed by atoms with Crippen LogP contribution in [-0.4, -0.2) is 19.6 Å². The molecule has 0 bridgehead atoms. The predicted octanol–water partition coefficient (Wildman–Crippen LogP) is 3.68. The molecule has 0 radical (unpaired) electrons. The molecule has 4 nitrogen and oxygen atoms in total. The number of methoxy groups -OCH3 is 1. The van der Waals surface area contributed by atoms with Gasteiger partial charge in [-0.2, -0.15) is 0 Å². The summed E-state index contributed by atoms with van der Waals surface area (Å²) >= 11 is 0. The first kappa shape index (κ1) is 15.7. The molecule has 0 spiro atoms. The number of nitrogens with one attached hydrogen (secondary N) is 1. The summed E-state index contributed by atoms with van der Waals surface area (Å²) in [5.74, 6) is 1.30. The van der Waals surface area contributed by atoms with E-state index in [0.29, 0.717) is 11.3 Å². The number of anilines is 2. The van der Waals surface area contributed by atoms with Gasteiger partial charge in [0.2, 0.25) is 0 Å². The molecule has 0 aromatic heterocycles. The van der Waals surface area contributed by atoms with E-state index in [2.05, 4.69) is 12.2 Å². The van der Waals surface area contributed by atoms with E-state index in [4.69, 9.17) is 10.5 Å². The van der Waals surface area contributed by atoms with Crippen molar-refractivity contribution < 1.29 is 9.53 Å². The summed E-state index contributed by atoms with van der Waals surface area (Å²) in [6.45, 7) is 3.24. The molecule has 1 aromatic rings. The fourth-order valence-corrected chi connectivity index (χ4v) is 3.07. The van der Waals surface area contributed by atoms with Crippen LogP contribution in [-0.2, 0) is 4.74 Å². The monoisotopic (exact) mass is 290 g/mol. The van der Waals surface area contributed by atoms with Crippen molar-refractivity contribution in [2.24, 2.45) is 11.8 Å². The molecule has 0 saturated heterocycles.